The molecule has 0 saturated carbocycles. The standard InChI is InChI=1S/C19H18F3NO2.ClH/c1-24-14-5-6-17-16(11-14)15(7-8-23)18(25-17)10-12-3-2-4-13(9-12)19(20,21)22;/h2-6,9,11H,7-8,10,23H2,1H3;1H. The molecule has 26 heavy (non-hydrogen) atoms. The highest BCUT2D eigenvalue weighted by molar-refractivity contribution is 5.84. The lowest BCUT2D eigenvalue weighted by atomic mass is 10.0. The summed E-state index contributed by atoms with van der Waals surface area (Å²) < 4.78 is 49.9. The van der Waals surface area contributed by atoms with Gasteiger partial charge < -0.3 is 27.3 Å². The van der Waals surface area contributed by atoms with Crippen molar-refractivity contribution in [3.05, 3.63) is 64.9 Å². The van der Waals surface area contributed by atoms with E-state index < -0.39 is 11.7 Å². The van der Waals surface area contributed by atoms with Crippen molar-refractivity contribution in [2.75, 3.05) is 13.7 Å². The van der Waals surface area contributed by atoms with Gasteiger partial charge in [0.1, 0.15) is 17.1 Å². The van der Waals surface area contributed by atoms with Crippen LogP contribution in [-0.2, 0) is 19.0 Å². The number of rotatable bonds is 5. The normalized spacial score (nSPS) is 11.4. The van der Waals surface area contributed by atoms with Crippen molar-refractivity contribution in [1.29, 1.82) is 0 Å². The van der Waals surface area contributed by atoms with Crippen LogP contribution in [0.3, 0.4) is 0 Å². The van der Waals surface area contributed by atoms with Gasteiger partial charge in [0.25, 0.3) is 0 Å². The smallest absolute Gasteiger partial charge is 0.416 e. The molecule has 2 aromatic carbocycles. The van der Waals surface area contributed by atoms with Crippen molar-refractivity contribution in [2.45, 2.75) is 19.0 Å². The van der Waals surface area contributed by atoms with Crippen molar-refractivity contribution in [3.8, 4) is 5.75 Å². The second kappa shape index (κ2) is 8.01. The first kappa shape index (κ1) is 20.1. The fraction of sp³-hybridized carbons (Fsp3) is 0.263. The first-order valence-corrected chi connectivity index (χ1v) is 7.96. The largest absolute Gasteiger partial charge is 1.00 e. The van der Waals surface area contributed by atoms with E-state index in [0.717, 1.165) is 17.0 Å². The lowest BCUT2D eigenvalue weighted by Gasteiger charge is -2.08. The van der Waals surface area contributed by atoms with Gasteiger partial charge in [-0.25, -0.2) is 0 Å². The minimum absolute atomic E-state index is 0. The van der Waals surface area contributed by atoms with E-state index in [9.17, 15) is 13.2 Å². The number of alkyl halides is 3. The Morgan fingerprint density at radius 3 is 2.54 bits per heavy atom. The Hall–Kier alpha value is -2.18. The topological polar surface area (TPSA) is 50.0 Å². The van der Waals surface area contributed by atoms with E-state index in [1.807, 2.05) is 12.1 Å². The molecule has 0 unspecified atom stereocenters. The molecule has 0 aliphatic rings. The number of hydrogen-bond acceptors (Lipinski definition) is 2. The fourth-order valence-corrected chi connectivity index (χ4v) is 2.94. The van der Waals surface area contributed by atoms with Crippen molar-refractivity contribution in [2.24, 2.45) is 0 Å². The number of furan rings is 1. The molecule has 0 fully saturated rings. The summed E-state index contributed by atoms with van der Waals surface area (Å²) >= 11 is 0. The molecule has 1 aromatic heterocycles. The number of quaternary nitrogens is 1. The van der Waals surface area contributed by atoms with Gasteiger partial charge >= 0.3 is 6.18 Å². The van der Waals surface area contributed by atoms with Crippen LogP contribution in [0.5, 0.6) is 5.75 Å². The van der Waals surface area contributed by atoms with Crippen LogP contribution in [-0.4, -0.2) is 13.7 Å². The average molecular weight is 386 g/mol. The van der Waals surface area contributed by atoms with Gasteiger partial charge in [-0.3, -0.25) is 0 Å². The van der Waals surface area contributed by atoms with Gasteiger partial charge in [0.05, 0.1) is 19.2 Å². The van der Waals surface area contributed by atoms with Gasteiger partial charge in [-0.15, -0.1) is 0 Å². The molecule has 7 heteroatoms. The van der Waals surface area contributed by atoms with E-state index in [0.29, 0.717) is 42.0 Å². The Bertz CT molecular complexity index is 890. The summed E-state index contributed by atoms with van der Waals surface area (Å²) in [5.41, 5.74) is 5.47. The minimum atomic E-state index is -4.35. The maximum atomic E-state index is 12.9. The molecule has 0 atom stereocenters. The maximum absolute atomic E-state index is 12.9. The summed E-state index contributed by atoms with van der Waals surface area (Å²) in [4.78, 5) is 0. The van der Waals surface area contributed by atoms with Crippen LogP contribution in [0.4, 0.5) is 13.2 Å². The van der Waals surface area contributed by atoms with Crippen molar-refractivity contribution < 1.29 is 40.5 Å². The molecule has 0 aliphatic heterocycles. The molecular weight excluding hydrogens is 367 g/mol. The van der Waals surface area contributed by atoms with Gasteiger partial charge in [0.2, 0.25) is 0 Å². The third kappa shape index (κ3) is 4.14. The first-order chi connectivity index (χ1) is 11.9. The van der Waals surface area contributed by atoms with E-state index in [2.05, 4.69) is 5.73 Å². The van der Waals surface area contributed by atoms with Crippen LogP contribution < -0.4 is 22.9 Å². The van der Waals surface area contributed by atoms with Crippen LogP contribution in [0.15, 0.2) is 46.9 Å². The van der Waals surface area contributed by atoms with Crippen LogP contribution in [0.25, 0.3) is 11.0 Å². The monoisotopic (exact) mass is 385 g/mol. The summed E-state index contributed by atoms with van der Waals surface area (Å²) in [6.45, 7) is 0.668. The predicted molar refractivity (Wildman–Crippen MR) is 88.5 cm³/mol. The number of ether oxygens (including phenoxy) is 1. The third-order valence-corrected chi connectivity index (χ3v) is 4.13. The number of methoxy groups -OCH3 is 1. The zero-order valence-corrected chi connectivity index (χ0v) is 15.0. The predicted octanol–water partition coefficient (Wildman–Crippen LogP) is 0.839. The Balaban J connectivity index is 0.00000243. The van der Waals surface area contributed by atoms with Crippen LogP contribution in [0.1, 0.15) is 22.5 Å². The Morgan fingerprint density at radius 2 is 1.88 bits per heavy atom. The van der Waals surface area contributed by atoms with Gasteiger partial charge in [-0.05, 0) is 29.8 Å². The highest BCUT2D eigenvalue weighted by atomic mass is 35.5. The molecule has 0 radical (unpaired) electrons. The molecule has 0 amide bonds. The van der Waals surface area contributed by atoms with Gasteiger partial charge in [0.15, 0.2) is 0 Å². The molecule has 0 saturated heterocycles. The molecule has 1 heterocycles. The highest BCUT2D eigenvalue weighted by Gasteiger charge is 2.30. The number of hydrogen-bond donors (Lipinski definition) is 1. The van der Waals surface area contributed by atoms with Gasteiger partial charge in [-0.2, -0.15) is 13.2 Å². The molecule has 3 rings (SSSR count). The fourth-order valence-electron chi connectivity index (χ4n) is 2.94. The Kier molecular flexibility index (Phi) is 6.21. The van der Waals surface area contributed by atoms with Crippen LogP contribution in [0, 0.1) is 0 Å². The summed E-state index contributed by atoms with van der Waals surface area (Å²) in [7, 11) is 1.59. The van der Waals surface area contributed by atoms with Crippen molar-refractivity contribution in [1.82, 2.24) is 0 Å². The van der Waals surface area contributed by atoms with Gasteiger partial charge in [0, 0.05) is 23.8 Å². The Labute approximate surface area is 155 Å². The van der Waals surface area contributed by atoms with Crippen LogP contribution >= 0.6 is 0 Å². The van der Waals surface area contributed by atoms with Crippen molar-refractivity contribution >= 4 is 11.0 Å². The summed E-state index contributed by atoms with van der Waals surface area (Å²) in [5, 5.41) is 0.921. The van der Waals surface area contributed by atoms with E-state index in [1.165, 1.54) is 12.1 Å². The third-order valence-electron chi connectivity index (χ3n) is 4.13. The molecule has 3 nitrogen and oxygen atoms in total. The molecule has 0 bridgehead atoms. The second-order valence-electron chi connectivity index (χ2n) is 5.84. The maximum Gasteiger partial charge on any atom is 0.416 e. The zero-order valence-electron chi connectivity index (χ0n) is 14.2. The lowest BCUT2D eigenvalue weighted by Crippen LogP contribution is -3.00. The summed E-state index contributed by atoms with van der Waals surface area (Å²) in [6, 6.07) is 10.8. The van der Waals surface area contributed by atoms with Gasteiger partial charge in [-0.1, -0.05) is 18.2 Å². The molecule has 3 N–H and O–H groups in total. The molecule has 140 valence electrons. The quantitative estimate of drug-likeness (QED) is 0.707. The summed E-state index contributed by atoms with van der Waals surface area (Å²) in [6.07, 6.45) is -3.36. The lowest BCUT2D eigenvalue weighted by molar-refractivity contribution is -0.366. The first-order valence-electron chi connectivity index (χ1n) is 7.96. The second-order valence-corrected chi connectivity index (χ2v) is 5.84. The van der Waals surface area contributed by atoms with Crippen LogP contribution in [0.2, 0.25) is 0 Å². The minimum Gasteiger partial charge on any atom is -1.00 e. The number of halogens is 4. The SMILES string of the molecule is COc1ccc2oc(Cc3cccc(C(F)(F)F)c3)c(CC[NH3+])c2c1.[Cl-]. The van der Waals surface area contributed by atoms with E-state index >= 15 is 0 Å². The average Bonchev–Trinajstić information content (AvgIpc) is 2.91. The van der Waals surface area contributed by atoms with E-state index in [-0.39, 0.29) is 12.4 Å². The molecule has 0 spiro atoms. The molecular formula is C19H19ClF3NO2. The zero-order chi connectivity index (χ0) is 18.0. The molecule has 0 aliphatic carbocycles. The Morgan fingerprint density at radius 1 is 1.12 bits per heavy atom. The number of fused-ring (bicyclic) bond motifs is 1. The highest BCUT2D eigenvalue weighted by Crippen LogP contribution is 2.33. The molecule has 3 aromatic rings. The van der Waals surface area contributed by atoms with E-state index in [4.69, 9.17) is 9.15 Å². The van der Waals surface area contributed by atoms with E-state index in [1.54, 1.807) is 19.2 Å². The van der Waals surface area contributed by atoms with Crippen molar-refractivity contribution in [3.63, 3.8) is 0 Å². The number of benzene rings is 2. The summed E-state index contributed by atoms with van der Waals surface area (Å²) in [5.74, 6) is 1.38.